The molecule has 37 heavy (non-hydrogen) atoms. The van der Waals surface area contributed by atoms with E-state index in [-0.39, 0.29) is 23.4 Å². The lowest BCUT2D eigenvalue weighted by Crippen LogP contribution is -2.27. The van der Waals surface area contributed by atoms with Crippen LogP contribution in [0.15, 0.2) is 65.6 Å². The molecule has 4 rings (SSSR count). The highest BCUT2D eigenvalue weighted by Gasteiger charge is 2.35. The number of halogens is 2. The van der Waals surface area contributed by atoms with Gasteiger partial charge in [-0.3, -0.25) is 14.5 Å². The van der Waals surface area contributed by atoms with Gasteiger partial charge >= 0.3 is 5.97 Å². The summed E-state index contributed by atoms with van der Waals surface area (Å²) in [7, 11) is 1.55. The number of methoxy groups -OCH3 is 1. The molecule has 190 valence electrons. The highest BCUT2D eigenvalue weighted by Crippen LogP contribution is 2.38. The minimum absolute atomic E-state index is 0.209. The summed E-state index contributed by atoms with van der Waals surface area (Å²) in [4.78, 5) is 39.9. The van der Waals surface area contributed by atoms with Gasteiger partial charge in [0.2, 0.25) is 0 Å². The van der Waals surface area contributed by atoms with Crippen molar-refractivity contribution in [3.63, 3.8) is 0 Å². The molecule has 0 saturated carbocycles. The van der Waals surface area contributed by atoms with Crippen molar-refractivity contribution in [3.05, 3.63) is 89.4 Å². The fourth-order valence-electron chi connectivity index (χ4n) is 3.47. The molecule has 1 heterocycles. The third-order valence-corrected chi connectivity index (χ3v) is 7.71. The molecule has 10 heteroatoms. The van der Waals surface area contributed by atoms with Gasteiger partial charge in [0.15, 0.2) is 11.5 Å². The van der Waals surface area contributed by atoms with Gasteiger partial charge in [0, 0.05) is 3.57 Å². The smallest absolute Gasteiger partial charge is 0.343 e. The van der Waals surface area contributed by atoms with E-state index in [9.17, 15) is 14.4 Å². The van der Waals surface area contributed by atoms with E-state index in [0.717, 1.165) is 20.9 Å². The van der Waals surface area contributed by atoms with E-state index < -0.39 is 5.97 Å². The van der Waals surface area contributed by atoms with Crippen LogP contribution in [0.5, 0.6) is 17.2 Å². The molecule has 1 aliphatic heterocycles. The average Bonchev–Trinajstić information content (AvgIpc) is 3.14. The SMILES string of the molecule is CCOc1cc(/C=C2\SC(=O)N(Cc3ccc(I)cc3)C2=O)cc(I)c1OC(=O)c1ccc(OC)cc1. The number of amides is 2. The predicted molar refractivity (Wildman–Crippen MR) is 159 cm³/mol. The van der Waals surface area contributed by atoms with Crippen molar-refractivity contribution >= 4 is 80.1 Å². The van der Waals surface area contributed by atoms with Crippen LogP contribution in [-0.4, -0.2) is 35.7 Å². The van der Waals surface area contributed by atoms with Crippen LogP contribution in [0.3, 0.4) is 0 Å². The number of rotatable bonds is 8. The fraction of sp³-hybridized carbons (Fsp3) is 0.148. The number of carbonyl (C=O) groups is 3. The lowest BCUT2D eigenvalue weighted by molar-refractivity contribution is -0.123. The van der Waals surface area contributed by atoms with Crippen molar-refractivity contribution < 1.29 is 28.6 Å². The second kappa shape index (κ2) is 12.3. The maximum atomic E-state index is 13.0. The van der Waals surface area contributed by atoms with Gasteiger partial charge in [0.1, 0.15) is 5.75 Å². The van der Waals surface area contributed by atoms with Gasteiger partial charge in [-0.15, -0.1) is 0 Å². The number of thioether (sulfide) groups is 1. The number of carbonyl (C=O) groups excluding carboxylic acids is 3. The third-order valence-electron chi connectivity index (χ3n) is 5.28. The number of imide groups is 1. The van der Waals surface area contributed by atoms with E-state index in [1.165, 1.54) is 4.90 Å². The first-order chi connectivity index (χ1) is 17.8. The molecule has 0 unspecified atom stereocenters. The molecule has 0 aromatic heterocycles. The first-order valence-electron chi connectivity index (χ1n) is 11.1. The van der Waals surface area contributed by atoms with E-state index >= 15 is 0 Å². The first-order valence-corrected chi connectivity index (χ1v) is 14.1. The summed E-state index contributed by atoms with van der Waals surface area (Å²) in [5, 5.41) is -0.320. The molecule has 1 fully saturated rings. The normalized spacial score (nSPS) is 14.3. The van der Waals surface area contributed by atoms with E-state index in [2.05, 4.69) is 45.2 Å². The van der Waals surface area contributed by atoms with E-state index in [1.54, 1.807) is 49.6 Å². The molecular weight excluding hydrogens is 720 g/mol. The molecule has 1 saturated heterocycles. The Morgan fingerprint density at radius 1 is 1.03 bits per heavy atom. The van der Waals surface area contributed by atoms with Gasteiger partial charge in [-0.2, -0.15) is 0 Å². The highest BCUT2D eigenvalue weighted by atomic mass is 127. The van der Waals surface area contributed by atoms with Crippen molar-refractivity contribution in [2.24, 2.45) is 0 Å². The van der Waals surface area contributed by atoms with Gasteiger partial charge in [0.05, 0.1) is 34.3 Å². The number of hydrogen-bond acceptors (Lipinski definition) is 7. The average molecular weight is 741 g/mol. The Hall–Kier alpha value is -2.58. The highest BCUT2D eigenvalue weighted by molar-refractivity contribution is 14.1. The molecule has 2 amide bonds. The summed E-state index contributed by atoms with van der Waals surface area (Å²) in [6.45, 7) is 2.38. The Balaban J connectivity index is 1.56. The molecule has 0 spiro atoms. The van der Waals surface area contributed by atoms with Crippen LogP contribution in [-0.2, 0) is 11.3 Å². The van der Waals surface area contributed by atoms with Crippen molar-refractivity contribution in [1.29, 1.82) is 0 Å². The maximum absolute atomic E-state index is 13.0. The van der Waals surface area contributed by atoms with E-state index in [0.29, 0.717) is 37.7 Å². The van der Waals surface area contributed by atoms with Crippen LogP contribution < -0.4 is 14.2 Å². The molecule has 0 atom stereocenters. The van der Waals surface area contributed by atoms with Gasteiger partial charge in [0.25, 0.3) is 11.1 Å². The standard InChI is InChI=1S/C27H21I2NO6S/c1-3-35-22-13-17(12-21(29)24(22)36-26(32)18-6-10-20(34-2)11-7-18)14-23-25(31)30(27(33)37-23)15-16-4-8-19(28)9-5-16/h4-14H,3,15H2,1-2H3/b23-14-. The number of hydrogen-bond donors (Lipinski definition) is 0. The summed E-state index contributed by atoms with van der Waals surface area (Å²) < 4.78 is 18.3. The second-order valence-electron chi connectivity index (χ2n) is 7.78. The van der Waals surface area contributed by atoms with Crippen molar-refractivity contribution in [2.75, 3.05) is 13.7 Å². The predicted octanol–water partition coefficient (Wildman–Crippen LogP) is 6.76. The Labute approximate surface area is 245 Å². The number of ether oxygens (including phenoxy) is 3. The molecule has 7 nitrogen and oxygen atoms in total. The Morgan fingerprint density at radius 2 is 1.73 bits per heavy atom. The van der Waals surface area contributed by atoms with E-state index in [4.69, 9.17) is 14.2 Å². The Bertz CT molecular complexity index is 1370. The minimum Gasteiger partial charge on any atom is -0.497 e. The second-order valence-corrected chi connectivity index (χ2v) is 11.2. The fourth-order valence-corrected chi connectivity index (χ4v) is 5.41. The van der Waals surface area contributed by atoms with Gasteiger partial charge in [-0.1, -0.05) is 12.1 Å². The first kappa shape index (κ1) is 27.5. The van der Waals surface area contributed by atoms with Crippen molar-refractivity contribution in [3.8, 4) is 17.2 Å². The molecule has 0 N–H and O–H groups in total. The zero-order valence-corrected chi connectivity index (χ0v) is 25.0. The van der Waals surface area contributed by atoms with Crippen molar-refractivity contribution in [1.82, 2.24) is 4.90 Å². The van der Waals surface area contributed by atoms with Crippen molar-refractivity contribution in [2.45, 2.75) is 13.5 Å². The summed E-state index contributed by atoms with van der Waals surface area (Å²) >= 11 is 5.16. The quantitative estimate of drug-likeness (QED) is 0.109. The monoisotopic (exact) mass is 741 g/mol. The van der Waals surface area contributed by atoms with Crippen LogP contribution in [0.2, 0.25) is 0 Å². The molecule has 3 aromatic rings. The van der Waals surface area contributed by atoms with Gasteiger partial charge < -0.3 is 14.2 Å². The summed E-state index contributed by atoms with van der Waals surface area (Å²) in [6.07, 6.45) is 1.65. The van der Waals surface area contributed by atoms with Crippen LogP contribution >= 0.6 is 56.9 Å². The molecule has 0 bridgehead atoms. The van der Waals surface area contributed by atoms with Crippen LogP contribution in [0, 0.1) is 7.14 Å². The molecule has 3 aromatic carbocycles. The van der Waals surface area contributed by atoms with Crippen LogP contribution in [0.1, 0.15) is 28.4 Å². The number of esters is 1. The lowest BCUT2D eigenvalue weighted by atomic mass is 10.1. The van der Waals surface area contributed by atoms with Crippen LogP contribution in [0.25, 0.3) is 6.08 Å². The maximum Gasteiger partial charge on any atom is 0.343 e. The summed E-state index contributed by atoms with van der Waals surface area (Å²) in [6, 6.07) is 17.7. The van der Waals surface area contributed by atoms with Gasteiger partial charge in [-0.05, 0) is 130 Å². The summed E-state index contributed by atoms with van der Waals surface area (Å²) in [5.41, 5.74) is 1.89. The molecule has 0 radical (unpaired) electrons. The summed E-state index contributed by atoms with van der Waals surface area (Å²) in [5.74, 6) is 0.392. The number of nitrogens with zero attached hydrogens (tertiary/aromatic N) is 1. The largest absolute Gasteiger partial charge is 0.497 e. The molecule has 1 aliphatic rings. The van der Waals surface area contributed by atoms with Crippen LogP contribution in [0.4, 0.5) is 4.79 Å². The Kier molecular flexibility index (Phi) is 9.13. The molecular formula is C27H21I2NO6S. The topological polar surface area (TPSA) is 82.1 Å². The lowest BCUT2D eigenvalue weighted by Gasteiger charge is -2.14. The van der Waals surface area contributed by atoms with Gasteiger partial charge in [-0.25, -0.2) is 4.79 Å². The zero-order chi connectivity index (χ0) is 26.5. The minimum atomic E-state index is -0.536. The zero-order valence-electron chi connectivity index (χ0n) is 19.8. The third kappa shape index (κ3) is 6.65. The number of benzene rings is 3. The Morgan fingerprint density at radius 3 is 2.38 bits per heavy atom. The van der Waals surface area contributed by atoms with E-state index in [1.807, 2.05) is 31.2 Å². The molecule has 0 aliphatic carbocycles.